The van der Waals surface area contributed by atoms with Crippen molar-refractivity contribution < 1.29 is 0 Å². The molecule has 12 aromatic rings. The third-order valence-electron chi connectivity index (χ3n) is 16.4. The fraction of sp³-hybridized carbons (Fsp3) is 0.0294. The van der Waals surface area contributed by atoms with Crippen LogP contribution in [0, 0.1) is 0 Å². The predicted molar refractivity (Wildman–Crippen MR) is 284 cm³/mol. The standard InChI is InChI=1S/C68H40/c1-5-17-55-51(13-1)52-14-2-6-18-56(52)67(55)59-21-9-11-45-33-35-47-37-49(39-61(67)65(47)63(45)59)43-29-25-41(26-30-43)23-24-42-27-31-44(32-28-42)50-38-48-36-34-46-12-10-22-60-64(46)66(48)62(40-50)68(60)57-19-7-3-15-53(57)54-16-4-8-20-58(54)68/h1-40H. The normalized spacial score (nSPS) is 14.6. The van der Waals surface area contributed by atoms with E-state index in [2.05, 4.69) is 243 Å². The molecule has 0 aromatic heterocycles. The number of benzene rings is 12. The van der Waals surface area contributed by atoms with Gasteiger partial charge in [-0.15, -0.1) is 0 Å². The van der Waals surface area contributed by atoms with E-state index in [0.29, 0.717) is 0 Å². The van der Waals surface area contributed by atoms with Crippen molar-refractivity contribution in [2.45, 2.75) is 10.8 Å². The Labute approximate surface area is 394 Å². The van der Waals surface area contributed by atoms with E-state index in [-0.39, 0.29) is 10.8 Å². The van der Waals surface area contributed by atoms with Crippen molar-refractivity contribution in [1.82, 2.24) is 0 Å². The molecule has 4 aliphatic carbocycles. The van der Waals surface area contributed by atoms with Crippen LogP contribution in [0.5, 0.6) is 0 Å². The van der Waals surface area contributed by atoms with Gasteiger partial charge in [-0.05, 0) is 167 Å². The molecule has 0 amide bonds. The van der Waals surface area contributed by atoms with E-state index in [1.54, 1.807) is 0 Å². The second-order valence-electron chi connectivity index (χ2n) is 19.4. The number of hydrogen-bond donors (Lipinski definition) is 0. The number of rotatable bonds is 4. The molecule has 68 heavy (non-hydrogen) atoms. The Morgan fingerprint density at radius 1 is 0.221 bits per heavy atom. The van der Waals surface area contributed by atoms with Gasteiger partial charge < -0.3 is 0 Å². The second-order valence-corrected chi connectivity index (χ2v) is 19.4. The molecule has 16 rings (SSSR count). The van der Waals surface area contributed by atoms with Crippen molar-refractivity contribution in [2.24, 2.45) is 0 Å². The average Bonchev–Trinajstić information content (AvgIpc) is 4.09. The average molecular weight is 857 g/mol. The first-order chi connectivity index (χ1) is 33.7. The number of hydrogen-bond acceptors (Lipinski definition) is 0. The van der Waals surface area contributed by atoms with Crippen molar-refractivity contribution in [3.05, 3.63) is 286 Å². The third-order valence-corrected chi connectivity index (χ3v) is 16.4. The Hall–Kier alpha value is -8.58. The molecule has 0 saturated heterocycles. The molecule has 4 aliphatic rings. The van der Waals surface area contributed by atoms with Crippen LogP contribution in [0.4, 0.5) is 0 Å². The first-order valence-corrected chi connectivity index (χ1v) is 24.0. The Morgan fingerprint density at radius 3 is 0.926 bits per heavy atom. The van der Waals surface area contributed by atoms with Gasteiger partial charge in [0.2, 0.25) is 0 Å². The maximum atomic E-state index is 2.50. The predicted octanol–water partition coefficient (Wildman–Crippen LogP) is 17.2. The molecule has 0 bridgehead atoms. The summed E-state index contributed by atoms with van der Waals surface area (Å²) in [6.07, 6.45) is 4.48. The molecule has 0 nitrogen and oxygen atoms in total. The molecule has 2 spiro atoms. The fourth-order valence-corrected chi connectivity index (χ4v) is 13.7. The minimum Gasteiger partial charge on any atom is -0.0619 e. The zero-order valence-corrected chi connectivity index (χ0v) is 37.1. The van der Waals surface area contributed by atoms with E-state index >= 15 is 0 Å². The molecule has 0 unspecified atom stereocenters. The van der Waals surface area contributed by atoms with Gasteiger partial charge in [0.15, 0.2) is 0 Å². The summed E-state index contributed by atoms with van der Waals surface area (Å²) in [7, 11) is 0. The molecule has 12 aromatic carbocycles. The van der Waals surface area contributed by atoms with Crippen LogP contribution in [0.1, 0.15) is 55.6 Å². The summed E-state index contributed by atoms with van der Waals surface area (Å²) in [6, 6.07) is 87.5. The SMILES string of the molecule is C(=Cc1ccc(-c2cc3c4c(ccc5cccc(c54)C34c3ccccc3-c3ccccc34)c2)cc1)c1ccc(-c2cc3c4c(ccc5cccc(c54)C34c3ccccc3-c3ccccc34)c2)cc1. The van der Waals surface area contributed by atoms with E-state index in [0.717, 1.165) is 0 Å². The molecule has 0 heteroatoms. The Bertz CT molecular complexity index is 3870. The van der Waals surface area contributed by atoms with Gasteiger partial charge in [0.1, 0.15) is 0 Å². The minimum absolute atomic E-state index is 0.358. The topological polar surface area (TPSA) is 0 Å². The van der Waals surface area contributed by atoms with Gasteiger partial charge in [0, 0.05) is 0 Å². The summed E-state index contributed by atoms with van der Waals surface area (Å²) < 4.78 is 0. The monoisotopic (exact) mass is 856 g/mol. The smallest absolute Gasteiger partial charge is 0.0619 e. The van der Waals surface area contributed by atoms with Gasteiger partial charge in [-0.3, -0.25) is 0 Å². The highest BCUT2D eigenvalue weighted by molar-refractivity contribution is 6.20. The van der Waals surface area contributed by atoms with Crippen molar-refractivity contribution in [3.63, 3.8) is 0 Å². The lowest BCUT2D eigenvalue weighted by molar-refractivity contribution is 0.797. The summed E-state index contributed by atoms with van der Waals surface area (Å²) in [5.41, 5.74) is 23.1. The summed E-state index contributed by atoms with van der Waals surface area (Å²) in [5, 5.41) is 10.8. The van der Waals surface area contributed by atoms with Gasteiger partial charge in [0.05, 0.1) is 10.8 Å². The lowest BCUT2D eigenvalue weighted by atomic mass is 9.70. The molecule has 0 fully saturated rings. The fourth-order valence-electron chi connectivity index (χ4n) is 13.7. The second kappa shape index (κ2) is 13.1. The van der Waals surface area contributed by atoms with Crippen molar-refractivity contribution in [2.75, 3.05) is 0 Å². The highest BCUT2D eigenvalue weighted by Gasteiger charge is 2.52. The van der Waals surface area contributed by atoms with Crippen molar-refractivity contribution >= 4 is 55.2 Å². The summed E-state index contributed by atoms with van der Waals surface area (Å²) in [5.74, 6) is 0. The first-order valence-electron chi connectivity index (χ1n) is 24.0. The minimum atomic E-state index is -0.358. The van der Waals surface area contributed by atoms with Crippen LogP contribution in [-0.4, -0.2) is 0 Å². The molecule has 0 atom stereocenters. The van der Waals surface area contributed by atoms with E-state index in [9.17, 15) is 0 Å². The molecule has 0 aliphatic heterocycles. The lowest BCUT2D eigenvalue weighted by Gasteiger charge is -2.31. The van der Waals surface area contributed by atoms with Gasteiger partial charge in [-0.25, -0.2) is 0 Å². The van der Waals surface area contributed by atoms with Crippen molar-refractivity contribution in [3.8, 4) is 44.5 Å². The molecular weight excluding hydrogens is 817 g/mol. The van der Waals surface area contributed by atoms with E-state index in [1.807, 2.05) is 0 Å². The lowest BCUT2D eigenvalue weighted by Crippen LogP contribution is -2.26. The highest BCUT2D eigenvalue weighted by Crippen LogP contribution is 2.64. The summed E-state index contributed by atoms with van der Waals surface area (Å²) in [6.45, 7) is 0. The quantitative estimate of drug-likeness (QED) is 0.122. The van der Waals surface area contributed by atoms with Gasteiger partial charge in [-0.1, -0.05) is 218 Å². The highest BCUT2D eigenvalue weighted by atomic mass is 14.5. The van der Waals surface area contributed by atoms with Crippen LogP contribution in [-0.2, 0) is 10.8 Å². The molecule has 0 N–H and O–H groups in total. The summed E-state index contributed by atoms with van der Waals surface area (Å²) >= 11 is 0. The van der Waals surface area contributed by atoms with Crippen LogP contribution in [0.25, 0.3) is 99.7 Å². The van der Waals surface area contributed by atoms with E-state index < -0.39 is 0 Å². The maximum absolute atomic E-state index is 2.50. The zero-order chi connectivity index (χ0) is 44.3. The first kappa shape index (κ1) is 36.6. The number of fused-ring (bicyclic) bond motifs is 14. The molecular formula is C68H40. The Kier molecular flexibility index (Phi) is 7.04. The molecule has 0 saturated carbocycles. The summed E-state index contributed by atoms with van der Waals surface area (Å²) in [4.78, 5) is 0. The van der Waals surface area contributed by atoms with Gasteiger partial charge in [0.25, 0.3) is 0 Å². The molecule has 0 radical (unpaired) electrons. The van der Waals surface area contributed by atoms with Crippen LogP contribution >= 0.6 is 0 Å². The van der Waals surface area contributed by atoms with Crippen molar-refractivity contribution in [1.29, 1.82) is 0 Å². The van der Waals surface area contributed by atoms with Crippen LogP contribution in [0.3, 0.4) is 0 Å². The van der Waals surface area contributed by atoms with Gasteiger partial charge >= 0.3 is 0 Å². The van der Waals surface area contributed by atoms with E-state index in [4.69, 9.17) is 0 Å². The largest absolute Gasteiger partial charge is 0.0726 e. The third kappa shape index (κ3) is 4.46. The Balaban J connectivity index is 0.749. The zero-order valence-electron chi connectivity index (χ0n) is 37.1. The van der Waals surface area contributed by atoms with Crippen LogP contribution in [0.15, 0.2) is 231 Å². The maximum Gasteiger partial charge on any atom is 0.0726 e. The Morgan fingerprint density at radius 2 is 0.544 bits per heavy atom. The van der Waals surface area contributed by atoms with Crippen LogP contribution < -0.4 is 0 Å². The van der Waals surface area contributed by atoms with Gasteiger partial charge in [-0.2, -0.15) is 0 Å². The van der Waals surface area contributed by atoms with Crippen LogP contribution in [0.2, 0.25) is 0 Å². The van der Waals surface area contributed by atoms with E-state index in [1.165, 1.54) is 143 Å². The molecule has 312 valence electrons. The molecule has 0 heterocycles.